The molecule has 3 nitrogen and oxygen atoms in total. The van der Waals surface area contributed by atoms with Gasteiger partial charge in [-0.1, -0.05) is 0 Å². The van der Waals surface area contributed by atoms with E-state index in [0.29, 0.717) is 0 Å². The molecule has 1 amide bonds. The summed E-state index contributed by atoms with van der Waals surface area (Å²) in [5, 5.41) is 2.96. The van der Waals surface area contributed by atoms with Gasteiger partial charge in [0.2, 0.25) is 5.91 Å². The van der Waals surface area contributed by atoms with Crippen LogP contribution in [-0.2, 0) is 10.2 Å². The van der Waals surface area contributed by atoms with Crippen molar-refractivity contribution in [2.45, 2.75) is 18.3 Å². The number of carbonyl (C=O) groups excluding carboxylic acids is 1. The van der Waals surface area contributed by atoms with Crippen LogP contribution in [0.15, 0.2) is 18.2 Å². The van der Waals surface area contributed by atoms with Crippen LogP contribution in [0.3, 0.4) is 0 Å². The van der Waals surface area contributed by atoms with E-state index in [1.807, 2.05) is 26.2 Å². The number of nitrogens with one attached hydrogen (secondary N) is 1. The molecule has 1 spiro atoms. The van der Waals surface area contributed by atoms with Gasteiger partial charge in [0.1, 0.15) is 0 Å². The molecular formula is C12H14N2O. The highest BCUT2D eigenvalue weighted by Gasteiger charge is 2.56. The SMILES string of the molecule is CN(C)c1ccc2c(c1)C1(CC1)C(=O)N2. The number of hydrogen-bond donors (Lipinski definition) is 1. The van der Waals surface area contributed by atoms with Gasteiger partial charge in [0.15, 0.2) is 0 Å². The number of carbonyl (C=O) groups is 1. The monoisotopic (exact) mass is 202 g/mol. The maximum absolute atomic E-state index is 11.8. The second-order valence-electron chi connectivity index (χ2n) is 4.66. The number of benzene rings is 1. The summed E-state index contributed by atoms with van der Waals surface area (Å²) in [6.07, 6.45) is 2.01. The second kappa shape index (κ2) is 2.54. The molecule has 1 fully saturated rings. The summed E-state index contributed by atoms with van der Waals surface area (Å²) < 4.78 is 0. The molecule has 0 radical (unpaired) electrons. The highest BCUT2D eigenvalue weighted by molar-refractivity contribution is 6.08. The number of anilines is 2. The van der Waals surface area contributed by atoms with Gasteiger partial charge < -0.3 is 10.2 Å². The molecular weight excluding hydrogens is 188 g/mol. The van der Waals surface area contributed by atoms with E-state index in [4.69, 9.17) is 0 Å². The number of hydrogen-bond acceptors (Lipinski definition) is 2. The third-order valence-electron chi connectivity index (χ3n) is 3.47. The molecule has 3 heteroatoms. The van der Waals surface area contributed by atoms with E-state index >= 15 is 0 Å². The van der Waals surface area contributed by atoms with Crippen LogP contribution in [0.5, 0.6) is 0 Å². The standard InChI is InChI=1S/C12H14N2O/c1-14(2)8-3-4-10-9(7-8)12(5-6-12)11(15)13-10/h3-4,7H,5-6H2,1-2H3,(H,13,15). The normalized spacial score (nSPS) is 20.0. The fourth-order valence-corrected chi connectivity index (χ4v) is 2.30. The Kier molecular flexibility index (Phi) is 1.48. The molecule has 1 aromatic rings. The summed E-state index contributed by atoms with van der Waals surface area (Å²) in [7, 11) is 4.04. The molecule has 1 N–H and O–H groups in total. The average molecular weight is 202 g/mol. The summed E-state index contributed by atoms with van der Waals surface area (Å²) >= 11 is 0. The summed E-state index contributed by atoms with van der Waals surface area (Å²) in [4.78, 5) is 13.8. The Morgan fingerprint density at radius 1 is 1.33 bits per heavy atom. The lowest BCUT2D eigenvalue weighted by Gasteiger charge is -2.14. The lowest BCUT2D eigenvalue weighted by atomic mass is 9.97. The molecule has 0 unspecified atom stereocenters. The lowest BCUT2D eigenvalue weighted by molar-refractivity contribution is -0.117. The quantitative estimate of drug-likeness (QED) is 0.752. The number of fused-ring (bicyclic) bond motifs is 2. The Hall–Kier alpha value is -1.51. The summed E-state index contributed by atoms with van der Waals surface area (Å²) in [6.45, 7) is 0. The predicted molar refractivity (Wildman–Crippen MR) is 60.3 cm³/mol. The van der Waals surface area contributed by atoms with E-state index in [0.717, 1.165) is 24.2 Å². The van der Waals surface area contributed by atoms with E-state index in [2.05, 4.69) is 16.3 Å². The van der Waals surface area contributed by atoms with Crippen LogP contribution in [-0.4, -0.2) is 20.0 Å². The molecule has 2 aliphatic rings. The van der Waals surface area contributed by atoms with Crippen molar-refractivity contribution in [1.29, 1.82) is 0 Å². The Balaban J connectivity index is 2.13. The van der Waals surface area contributed by atoms with Gasteiger partial charge in [-0.15, -0.1) is 0 Å². The van der Waals surface area contributed by atoms with Crippen LogP contribution in [0, 0.1) is 0 Å². The van der Waals surface area contributed by atoms with Crippen molar-refractivity contribution in [2.24, 2.45) is 0 Å². The lowest BCUT2D eigenvalue weighted by Crippen LogP contribution is -2.18. The Bertz CT molecular complexity index is 447. The minimum Gasteiger partial charge on any atom is -0.378 e. The van der Waals surface area contributed by atoms with Crippen molar-refractivity contribution in [3.05, 3.63) is 23.8 Å². The van der Waals surface area contributed by atoms with E-state index < -0.39 is 0 Å². The van der Waals surface area contributed by atoms with Crippen LogP contribution in [0.2, 0.25) is 0 Å². The first kappa shape index (κ1) is 8.77. The van der Waals surface area contributed by atoms with E-state index in [1.165, 1.54) is 5.56 Å². The van der Waals surface area contributed by atoms with Crippen molar-refractivity contribution in [1.82, 2.24) is 0 Å². The molecule has 3 rings (SSSR count). The first-order chi connectivity index (χ1) is 7.13. The van der Waals surface area contributed by atoms with Crippen LogP contribution >= 0.6 is 0 Å². The fraction of sp³-hybridized carbons (Fsp3) is 0.417. The Morgan fingerprint density at radius 2 is 2.07 bits per heavy atom. The van der Waals surface area contributed by atoms with Gasteiger partial charge in [0.25, 0.3) is 0 Å². The average Bonchev–Trinajstić information content (AvgIpc) is 2.93. The molecule has 1 heterocycles. The number of amides is 1. The van der Waals surface area contributed by atoms with Gasteiger partial charge in [-0.05, 0) is 36.6 Å². The van der Waals surface area contributed by atoms with Gasteiger partial charge in [-0.25, -0.2) is 0 Å². The third kappa shape index (κ3) is 1.03. The highest BCUT2D eigenvalue weighted by Crippen LogP contribution is 2.55. The highest BCUT2D eigenvalue weighted by atomic mass is 16.2. The molecule has 1 saturated carbocycles. The molecule has 1 aromatic carbocycles. The fourth-order valence-electron chi connectivity index (χ4n) is 2.30. The van der Waals surface area contributed by atoms with Gasteiger partial charge in [0.05, 0.1) is 5.41 Å². The van der Waals surface area contributed by atoms with Gasteiger partial charge in [-0.2, -0.15) is 0 Å². The first-order valence-electron chi connectivity index (χ1n) is 5.27. The van der Waals surface area contributed by atoms with Crippen molar-refractivity contribution < 1.29 is 4.79 Å². The van der Waals surface area contributed by atoms with Crippen LogP contribution in [0.4, 0.5) is 11.4 Å². The zero-order chi connectivity index (χ0) is 10.6. The van der Waals surface area contributed by atoms with Crippen molar-refractivity contribution in [2.75, 3.05) is 24.3 Å². The van der Waals surface area contributed by atoms with Crippen LogP contribution < -0.4 is 10.2 Å². The minimum atomic E-state index is -0.165. The molecule has 78 valence electrons. The van der Waals surface area contributed by atoms with E-state index in [9.17, 15) is 4.79 Å². The summed E-state index contributed by atoms with van der Waals surface area (Å²) in [5.74, 6) is 0.188. The molecule has 1 aliphatic heterocycles. The molecule has 0 bridgehead atoms. The number of rotatable bonds is 1. The number of nitrogens with zero attached hydrogens (tertiary/aromatic N) is 1. The largest absolute Gasteiger partial charge is 0.378 e. The molecule has 0 aromatic heterocycles. The predicted octanol–water partition coefficient (Wildman–Crippen LogP) is 1.74. The van der Waals surface area contributed by atoms with Crippen molar-refractivity contribution in [3.63, 3.8) is 0 Å². The Labute approximate surface area is 89.1 Å². The Morgan fingerprint density at radius 3 is 2.67 bits per heavy atom. The summed E-state index contributed by atoms with van der Waals surface area (Å²) in [5.41, 5.74) is 3.19. The summed E-state index contributed by atoms with van der Waals surface area (Å²) in [6, 6.07) is 6.19. The molecule has 1 aliphatic carbocycles. The zero-order valence-electron chi connectivity index (χ0n) is 9.00. The van der Waals surface area contributed by atoms with Crippen molar-refractivity contribution in [3.8, 4) is 0 Å². The van der Waals surface area contributed by atoms with Crippen LogP contribution in [0.1, 0.15) is 18.4 Å². The maximum atomic E-state index is 11.8. The topological polar surface area (TPSA) is 32.3 Å². The third-order valence-corrected chi connectivity index (χ3v) is 3.47. The smallest absolute Gasteiger partial charge is 0.235 e. The maximum Gasteiger partial charge on any atom is 0.235 e. The van der Waals surface area contributed by atoms with E-state index in [-0.39, 0.29) is 11.3 Å². The van der Waals surface area contributed by atoms with Crippen molar-refractivity contribution >= 4 is 17.3 Å². The molecule has 15 heavy (non-hydrogen) atoms. The molecule has 0 atom stereocenters. The van der Waals surface area contributed by atoms with Gasteiger partial charge >= 0.3 is 0 Å². The molecule has 0 saturated heterocycles. The van der Waals surface area contributed by atoms with E-state index in [1.54, 1.807) is 0 Å². The zero-order valence-corrected chi connectivity index (χ0v) is 9.00. The van der Waals surface area contributed by atoms with Crippen LogP contribution in [0.25, 0.3) is 0 Å². The second-order valence-corrected chi connectivity index (χ2v) is 4.66. The minimum absolute atomic E-state index is 0.165. The van der Waals surface area contributed by atoms with Gasteiger partial charge in [-0.3, -0.25) is 4.79 Å². The first-order valence-corrected chi connectivity index (χ1v) is 5.27. The van der Waals surface area contributed by atoms with Gasteiger partial charge in [0, 0.05) is 25.5 Å².